The molecular weight excluding hydrogens is 381 g/mol. The Kier molecular flexibility index (Phi) is 6.11. The van der Waals surface area contributed by atoms with E-state index in [1.54, 1.807) is 6.07 Å². The van der Waals surface area contributed by atoms with Crippen LogP contribution in [0.1, 0.15) is 19.3 Å². The Bertz CT molecular complexity index is 818. The fourth-order valence-corrected chi connectivity index (χ4v) is 4.38. The monoisotopic (exact) mass is 405 g/mol. The number of piperidine rings is 1. The molecule has 1 amide bonds. The van der Waals surface area contributed by atoms with Gasteiger partial charge in [-0.3, -0.25) is 9.36 Å². The van der Waals surface area contributed by atoms with Crippen LogP contribution >= 0.6 is 11.8 Å². The molecule has 0 radical (unpaired) electrons. The maximum Gasteiger partial charge on any atom is 0.233 e. The summed E-state index contributed by atoms with van der Waals surface area (Å²) in [5.74, 6) is 0.754. The van der Waals surface area contributed by atoms with Crippen molar-refractivity contribution in [1.82, 2.24) is 19.7 Å². The van der Waals surface area contributed by atoms with Gasteiger partial charge in [0.15, 0.2) is 5.16 Å². The predicted molar refractivity (Wildman–Crippen MR) is 106 cm³/mol. The van der Waals surface area contributed by atoms with E-state index in [-0.39, 0.29) is 11.7 Å². The van der Waals surface area contributed by atoms with E-state index in [9.17, 15) is 9.18 Å². The summed E-state index contributed by atoms with van der Waals surface area (Å²) in [6, 6.07) is 6.37. The van der Waals surface area contributed by atoms with Crippen LogP contribution in [0.25, 0.3) is 5.69 Å². The van der Waals surface area contributed by atoms with Crippen molar-refractivity contribution in [2.24, 2.45) is 0 Å². The van der Waals surface area contributed by atoms with Crippen LogP contribution in [0.5, 0.6) is 0 Å². The standard InChI is InChI=1S/C19H24FN5O2S/c20-15-5-4-6-16(13-15)25-18(24-9-11-27-12-10-24)21-22-19(25)28-14-17(26)23-7-2-1-3-8-23/h4-6,13H,1-3,7-12,14H2. The van der Waals surface area contributed by atoms with E-state index in [1.807, 2.05) is 15.5 Å². The van der Waals surface area contributed by atoms with Crippen LogP contribution in [0.2, 0.25) is 0 Å². The highest BCUT2D eigenvalue weighted by Gasteiger charge is 2.23. The number of likely N-dealkylation sites (tertiary alicyclic amines) is 1. The first kappa shape index (κ1) is 19.2. The molecule has 2 saturated heterocycles. The minimum atomic E-state index is -0.320. The third-order valence-electron chi connectivity index (χ3n) is 5.01. The predicted octanol–water partition coefficient (Wildman–Crippen LogP) is 2.35. The average Bonchev–Trinajstić information content (AvgIpc) is 3.17. The summed E-state index contributed by atoms with van der Waals surface area (Å²) < 4.78 is 21.1. The number of hydrogen-bond acceptors (Lipinski definition) is 6. The summed E-state index contributed by atoms with van der Waals surface area (Å²) in [6.07, 6.45) is 3.32. The molecule has 9 heteroatoms. The number of carbonyl (C=O) groups is 1. The second-order valence-electron chi connectivity index (χ2n) is 6.93. The topological polar surface area (TPSA) is 63.5 Å². The van der Waals surface area contributed by atoms with Gasteiger partial charge >= 0.3 is 0 Å². The van der Waals surface area contributed by atoms with Crippen molar-refractivity contribution in [2.45, 2.75) is 24.4 Å². The molecular formula is C19H24FN5O2S. The molecule has 2 aromatic rings. The van der Waals surface area contributed by atoms with Crippen LogP contribution in [-0.4, -0.2) is 70.7 Å². The van der Waals surface area contributed by atoms with Gasteiger partial charge in [0, 0.05) is 26.2 Å². The van der Waals surface area contributed by atoms with E-state index in [1.165, 1.54) is 30.3 Å². The first-order valence-electron chi connectivity index (χ1n) is 9.67. The Morgan fingerprint density at radius 3 is 2.64 bits per heavy atom. The number of thioether (sulfide) groups is 1. The number of rotatable bonds is 5. The van der Waals surface area contributed by atoms with E-state index in [0.29, 0.717) is 48.8 Å². The van der Waals surface area contributed by atoms with Gasteiger partial charge in [0.05, 0.1) is 24.7 Å². The molecule has 0 spiro atoms. The lowest BCUT2D eigenvalue weighted by atomic mass is 10.1. The van der Waals surface area contributed by atoms with Crippen molar-refractivity contribution >= 4 is 23.6 Å². The molecule has 2 aliphatic heterocycles. The molecule has 0 N–H and O–H groups in total. The van der Waals surface area contributed by atoms with Gasteiger partial charge in [-0.05, 0) is 37.5 Å². The summed E-state index contributed by atoms with van der Waals surface area (Å²) in [6.45, 7) is 4.29. The van der Waals surface area contributed by atoms with Crippen LogP contribution in [-0.2, 0) is 9.53 Å². The number of aromatic nitrogens is 3. The molecule has 28 heavy (non-hydrogen) atoms. The zero-order chi connectivity index (χ0) is 19.3. The van der Waals surface area contributed by atoms with Crippen LogP contribution in [0.4, 0.5) is 10.3 Å². The highest BCUT2D eigenvalue weighted by atomic mass is 32.2. The molecule has 1 aromatic heterocycles. The Morgan fingerprint density at radius 2 is 1.89 bits per heavy atom. The molecule has 0 bridgehead atoms. The van der Waals surface area contributed by atoms with Gasteiger partial charge in [-0.15, -0.1) is 10.2 Å². The third-order valence-corrected chi connectivity index (χ3v) is 5.92. The number of carbonyl (C=O) groups excluding carboxylic acids is 1. The second-order valence-corrected chi connectivity index (χ2v) is 7.87. The molecule has 0 saturated carbocycles. The first-order chi connectivity index (χ1) is 13.7. The maximum atomic E-state index is 13.9. The van der Waals surface area contributed by atoms with Crippen LogP contribution in [0, 0.1) is 5.82 Å². The van der Waals surface area contributed by atoms with E-state index in [2.05, 4.69) is 15.1 Å². The number of nitrogens with zero attached hydrogens (tertiary/aromatic N) is 5. The minimum absolute atomic E-state index is 0.117. The molecule has 0 unspecified atom stereocenters. The van der Waals surface area contributed by atoms with Gasteiger partial charge in [-0.2, -0.15) is 0 Å². The number of morpholine rings is 1. The molecule has 150 valence electrons. The van der Waals surface area contributed by atoms with Crippen LogP contribution in [0.3, 0.4) is 0 Å². The molecule has 0 aliphatic carbocycles. The maximum absolute atomic E-state index is 13.9. The van der Waals surface area contributed by atoms with Gasteiger partial charge in [0.2, 0.25) is 11.9 Å². The van der Waals surface area contributed by atoms with Crippen molar-refractivity contribution in [3.63, 3.8) is 0 Å². The van der Waals surface area contributed by atoms with E-state index < -0.39 is 0 Å². The molecule has 2 aliphatic rings. The zero-order valence-electron chi connectivity index (χ0n) is 15.7. The zero-order valence-corrected chi connectivity index (χ0v) is 16.5. The lowest BCUT2D eigenvalue weighted by Gasteiger charge is -2.28. The SMILES string of the molecule is O=C(CSc1nnc(N2CCOCC2)n1-c1cccc(F)c1)N1CCCCC1. The molecule has 7 nitrogen and oxygen atoms in total. The number of ether oxygens (including phenoxy) is 1. The van der Waals surface area contributed by atoms with Crippen molar-refractivity contribution in [3.05, 3.63) is 30.1 Å². The lowest BCUT2D eigenvalue weighted by Crippen LogP contribution is -2.38. The van der Waals surface area contributed by atoms with E-state index >= 15 is 0 Å². The number of halogens is 1. The molecule has 2 fully saturated rings. The van der Waals surface area contributed by atoms with Crippen molar-refractivity contribution < 1.29 is 13.9 Å². The fourth-order valence-electron chi connectivity index (χ4n) is 3.53. The fraction of sp³-hybridized carbons (Fsp3) is 0.526. The summed E-state index contributed by atoms with van der Waals surface area (Å²) in [5.41, 5.74) is 0.652. The number of anilines is 1. The summed E-state index contributed by atoms with van der Waals surface area (Å²) in [4.78, 5) is 16.5. The van der Waals surface area contributed by atoms with E-state index in [0.717, 1.165) is 25.9 Å². The minimum Gasteiger partial charge on any atom is -0.378 e. The van der Waals surface area contributed by atoms with Gasteiger partial charge in [0.25, 0.3) is 0 Å². The number of benzene rings is 1. The normalized spacial score (nSPS) is 17.8. The van der Waals surface area contributed by atoms with Crippen molar-refractivity contribution in [3.8, 4) is 5.69 Å². The number of hydrogen-bond donors (Lipinski definition) is 0. The van der Waals surface area contributed by atoms with Crippen LogP contribution in [0.15, 0.2) is 29.4 Å². The first-order valence-corrected chi connectivity index (χ1v) is 10.7. The lowest BCUT2D eigenvalue weighted by molar-refractivity contribution is -0.129. The molecule has 0 atom stereocenters. The average molecular weight is 405 g/mol. The molecule has 3 heterocycles. The number of amides is 1. The highest BCUT2D eigenvalue weighted by Crippen LogP contribution is 2.28. The Labute approximate surface area is 167 Å². The summed E-state index contributed by atoms with van der Waals surface area (Å²) >= 11 is 1.35. The van der Waals surface area contributed by atoms with Gasteiger partial charge in [-0.25, -0.2) is 4.39 Å². The summed E-state index contributed by atoms with van der Waals surface area (Å²) in [7, 11) is 0. The van der Waals surface area contributed by atoms with Crippen molar-refractivity contribution in [1.29, 1.82) is 0 Å². The quantitative estimate of drug-likeness (QED) is 0.712. The largest absolute Gasteiger partial charge is 0.378 e. The highest BCUT2D eigenvalue weighted by molar-refractivity contribution is 7.99. The molecule has 1 aromatic carbocycles. The van der Waals surface area contributed by atoms with Gasteiger partial charge in [0.1, 0.15) is 5.82 Å². The van der Waals surface area contributed by atoms with Gasteiger partial charge in [-0.1, -0.05) is 17.8 Å². The molecule has 4 rings (SSSR count). The Hall–Kier alpha value is -2.13. The summed E-state index contributed by atoms with van der Waals surface area (Å²) in [5, 5.41) is 9.26. The Morgan fingerprint density at radius 1 is 1.11 bits per heavy atom. The van der Waals surface area contributed by atoms with Crippen molar-refractivity contribution in [2.75, 3.05) is 50.0 Å². The van der Waals surface area contributed by atoms with E-state index in [4.69, 9.17) is 4.74 Å². The van der Waals surface area contributed by atoms with Gasteiger partial charge < -0.3 is 14.5 Å². The third kappa shape index (κ3) is 4.30. The second kappa shape index (κ2) is 8.91. The Balaban J connectivity index is 1.57. The smallest absolute Gasteiger partial charge is 0.233 e. The van der Waals surface area contributed by atoms with Crippen LogP contribution < -0.4 is 4.90 Å².